The highest BCUT2D eigenvalue weighted by atomic mass is 35.5. The molecule has 10 heteroatoms. The van der Waals surface area contributed by atoms with Gasteiger partial charge in [-0.2, -0.15) is 0 Å². The summed E-state index contributed by atoms with van der Waals surface area (Å²) < 4.78 is 0. The number of thioether (sulfide) groups is 1. The molecule has 0 N–H and O–H groups in total. The second-order valence-electron chi connectivity index (χ2n) is 9.86. The Morgan fingerprint density at radius 2 is 1.78 bits per heavy atom. The van der Waals surface area contributed by atoms with Crippen LogP contribution in [0.2, 0.25) is 5.15 Å². The van der Waals surface area contributed by atoms with Crippen LogP contribution in [0.1, 0.15) is 25.3 Å². The molecule has 3 fully saturated rings. The molecule has 36 heavy (non-hydrogen) atoms. The van der Waals surface area contributed by atoms with Crippen molar-refractivity contribution in [3.05, 3.63) is 47.1 Å². The number of anilines is 1. The number of halogens is 1. The number of carbonyl (C=O) groups excluding carboxylic acids is 2. The van der Waals surface area contributed by atoms with Gasteiger partial charge in [-0.1, -0.05) is 53.7 Å². The molecule has 1 atom stereocenters. The smallest absolute Gasteiger partial charge is 0.233 e. The van der Waals surface area contributed by atoms with Crippen molar-refractivity contribution in [2.45, 2.75) is 37.5 Å². The highest BCUT2D eigenvalue weighted by Gasteiger charge is 2.37. The summed E-state index contributed by atoms with van der Waals surface area (Å²) in [5, 5.41) is 0.881. The lowest BCUT2D eigenvalue weighted by molar-refractivity contribution is -0.135. The minimum atomic E-state index is 0.102. The van der Waals surface area contributed by atoms with Gasteiger partial charge in [-0.05, 0) is 25.3 Å². The molecule has 192 valence electrons. The first-order valence-corrected chi connectivity index (χ1v) is 14.1. The average Bonchev–Trinajstić information content (AvgIpc) is 3.73. The molecule has 0 spiro atoms. The van der Waals surface area contributed by atoms with Crippen molar-refractivity contribution in [3.63, 3.8) is 0 Å². The summed E-state index contributed by atoms with van der Waals surface area (Å²) in [7, 11) is 0. The number of piperazine rings is 2. The summed E-state index contributed by atoms with van der Waals surface area (Å²) in [5.41, 5.74) is 1.30. The second-order valence-corrected chi connectivity index (χ2v) is 11.2. The van der Waals surface area contributed by atoms with Crippen LogP contribution in [0, 0.1) is 5.92 Å². The molecule has 1 unspecified atom stereocenters. The lowest BCUT2D eigenvalue weighted by atomic mass is 10.1. The van der Waals surface area contributed by atoms with E-state index < -0.39 is 0 Å². The van der Waals surface area contributed by atoms with Gasteiger partial charge in [0, 0.05) is 70.4 Å². The Balaban J connectivity index is 1.11. The summed E-state index contributed by atoms with van der Waals surface area (Å²) in [5.74, 6) is 1.67. The number of aromatic nitrogens is 2. The standard InChI is InChI=1S/C26H33ClN6O2S/c1-19-16-32(13-14-33(19)25(35)21-7-8-21)23-15-22(27)28-26(29-23)36-18-24(34)31-11-9-30(10-12-31)17-20-5-3-2-4-6-20/h2-6,15,19,21H,7-14,16-18H2,1H3. The fraction of sp³-hybridized carbons (Fsp3) is 0.538. The van der Waals surface area contributed by atoms with Crippen molar-refractivity contribution >= 4 is 41.0 Å². The molecular formula is C26H33ClN6O2S. The number of nitrogens with zero attached hydrogens (tertiary/aromatic N) is 6. The molecule has 0 radical (unpaired) electrons. The maximum Gasteiger partial charge on any atom is 0.233 e. The van der Waals surface area contributed by atoms with E-state index in [0.717, 1.165) is 51.4 Å². The fourth-order valence-corrected chi connectivity index (χ4v) is 5.87. The molecule has 1 aromatic carbocycles. The van der Waals surface area contributed by atoms with Gasteiger partial charge < -0.3 is 14.7 Å². The Kier molecular flexibility index (Phi) is 7.98. The monoisotopic (exact) mass is 528 g/mol. The summed E-state index contributed by atoms with van der Waals surface area (Å²) in [6, 6.07) is 12.3. The second kappa shape index (κ2) is 11.4. The Labute approximate surface area is 222 Å². The van der Waals surface area contributed by atoms with Crippen LogP contribution < -0.4 is 4.90 Å². The maximum atomic E-state index is 12.9. The van der Waals surface area contributed by atoms with E-state index in [1.54, 1.807) is 6.07 Å². The number of benzene rings is 1. The van der Waals surface area contributed by atoms with Crippen molar-refractivity contribution in [1.29, 1.82) is 0 Å². The van der Waals surface area contributed by atoms with E-state index in [0.29, 0.717) is 41.6 Å². The molecule has 2 amide bonds. The third-order valence-corrected chi connectivity index (χ3v) is 8.15. The lowest BCUT2D eigenvalue weighted by Gasteiger charge is -2.40. The number of hydrogen-bond donors (Lipinski definition) is 0. The number of amides is 2. The topological polar surface area (TPSA) is 72.9 Å². The third-order valence-electron chi connectivity index (χ3n) is 7.12. The molecule has 1 saturated carbocycles. The molecule has 1 aliphatic carbocycles. The zero-order valence-corrected chi connectivity index (χ0v) is 22.3. The van der Waals surface area contributed by atoms with Gasteiger partial charge in [0.05, 0.1) is 5.75 Å². The zero-order chi connectivity index (χ0) is 25.1. The van der Waals surface area contributed by atoms with E-state index in [1.807, 2.05) is 15.9 Å². The largest absolute Gasteiger partial charge is 0.353 e. The van der Waals surface area contributed by atoms with Crippen LogP contribution in [0.4, 0.5) is 5.82 Å². The molecule has 1 aromatic heterocycles. The Morgan fingerprint density at radius 3 is 2.47 bits per heavy atom. The molecular weight excluding hydrogens is 496 g/mol. The summed E-state index contributed by atoms with van der Waals surface area (Å²) in [4.78, 5) is 42.9. The van der Waals surface area contributed by atoms with Crippen LogP contribution in [-0.2, 0) is 16.1 Å². The lowest BCUT2D eigenvalue weighted by Crippen LogP contribution is -2.54. The molecule has 3 aliphatic rings. The summed E-state index contributed by atoms with van der Waals surface area (Å²) >= 11 is 7.66. The molecule has 0 bridgehead atoms. The van der Waals surface area contributed by atoms with Gasteiger partial charge in [0.1, 0.15) is 11.0 Å². The zero-order valence-electron chi connectivity index (χ0n) is 20.7. The fourth-order valence-electron chi connectivity index (χ4n) is 4.88. The van der Waals surface area contributed by atoms with E-state index in [1.165, 1.54) is 17.3 Å². The first-order chi connectivity index (χ1) is 17.5. The van der Waals surface area contributed by atoms with Crippen LogP contribution in [0.3, 0.4) is 0 Å². The summed E-state index contributed by atoms with van der Waals surface area (Å²) in [6.45, 7) is 8.32. The predicted octanol–water partition coefficient (Wildman–Crippen LogP) is 3.01. The highest BCUT2D eigenvalue weighted by Crippen LogP contribution is 2.33. The van der Waals surface area contributed by atoms with Gasteiger partial charge in [0.25, 0.3) is 0 Å². The normalized spacial score (nSPS) is 21.1. The molecule has 5 rings (SSSR count). The van der Waals surface area contributed by atoms with Gasteiger partial charge in [0.15, 0.2) is 5.16 Å². The van der Waals surface area contributed by atoms with Crippen LogP contribution in [0.15, 0.2) is 41.6 Å². The minimum Gasteiger partial charge on any atom is -0.353 e. The van der Waals surface area contributed by atoms with E-state index >= 15 is 0 Å². The third kappa shape index (κ3) is 6.30. The Bertz CT molecular complexity index is 1080. The van der Waals surface area contributed by atoms with Crippen LogP contribution >= 0.6 is 23.4 Å². The molecule has 2 saturated heterocycles. The van der Waals surface area contributed by atoms with Crippen molar-refractivity contribution < 1.29 is 9.59 Å². The first-order valence-electron chi connectivity index (χ1n) is 12.7. The molecule has 2 aliphatic heterocycles. The summed E-state index contributed by atoms with van der Waals surface area (Å²) in [6.07, 6.45) is 2.05. The quantitative estimate of drug-likeness (QED) is 0.311. The van der Waals surface area contributed by atoms with Crippen LogP contribution in [0.25, 0.3) is 0 Å². The first kappa shape index (κ1) is 25.3. The van der Waals surface area contributed by atoms with Gasteiger partial charge in [0.2, 0.25) is 11.8 Å². The van der Waals surface area contributed by atoms with Gasteiger partial charge in [-0.3, -0.25) is 14.5 Å². The molecule has 8 nitrogen and oxygen atoms in total. The number of carbonyl (C=O) groups is 2. The Morgan fingerprint density at radius 1 is 1.03 bits per heavy atom. The van der Waals surface area contributed by atoms with Crippen molar-refractivity contribution in [1.82, 2.24) is 24.7 Å². The maximum absolute atomic E-state index is 12.9. The van der Waals surface area contributed by atoms with E-state index in [-0.39, 0.29) is 17.9 Å². The van der Waals surface area contributed by atoms with Gasteiger partial charge >= 0.3 is 0 Å². The Hall–Kier alpha value is -2.36. The SMILES string of the molecule is CC1CN(c2cc(Cl)nc(SCC(=O)N3CCN(Cc4ccccc4)CC3)n2)CCN1C(=O)C1CC1. The molecule has 3 heterocycles. The minimum absolute atomic E-state index is 0.102. The highest BCUT2D eigenvalue weighted by molar-refractivity contribution is 7.99. The average molecular weight is 529 g/mol. The van der Waals surface area contributed by atoms with Crippen LogP contribution in [-0.4, -0.2) is 94.1 Å². The van der Waals surface area contributed by atoms with E-state index in [9.17, 15) is 9.59 Å². The van der Waals surface area contributed by atoms with Crippen molar-refractivity contribution in [2.75, 3.05) is 56.5 Å². The number of rotatable bonds is 7. The predicted molar refractivity (Wildman–Crippen MR) is 142 cm³/mol. The van der Waals surface area contributed by atoms with Gasteiger partial charge in [-0.15, -0.1) is 0 Å². The van der Waals surface area contributed by atoms with Crippen LogP contribution in [0.5, 0.6) is 0 Å². The van der Waals surface area contributed by atoms with E-state index in [2.05, 4.69) is 46.0 Å². The van der Waals surface area contributed by atoms with Gasteiger partial charge in [-0.25, -0.2) is 9.97 Å². The van der Waals surface area contributed by atoms with E-state index in [4.69, 9.17) is 16.6 Å². The number of hydrogen-bond acceptors (Lipinski definition) is 7. The van der Waals surface area contributed by atoms with Crippen molar-refractivity contribution in [3.8, 4) is 0 Å². The molecule has 2 aromatic rings. The van der Waals surface area contributed by atoms with Crippen molar-refractivity contribution in [2.24, 2.45) is 5.92 Å².